The Morgan fingerprint density at radius 3 is 2.52 bits per heavy atom. The summed E-state index contributed by atoms with van der Waals surface area (Å²) in [4.78, 5) is 29.8. The summed E-state index contributed by atoms with van der Waals surface area (Å²) in [5.41, 5.74) is 3.37. The van der Waals surface area contributed by atoms with Crippen LogP contribution in [0, 0.1) is 6.92 Å². The van der Waals surface area contributed by atoms with E-state index in [0.29, 0.717) is 12.2 Å². The highest BCUT2D eigenvalue weighted by Gasteiger charge is 2.40. The van der Waals surface area contributed by atoms with E-state index < -0.39 is 10.0 Å². The highest BCUT2D eigenvalue weighted by Crippen LogP contribution is 2.40. The second-order valence-electron chi connectivity index (χ2n) is 8.83. The van der Waals surface area contributed by atoms with Gasteiger partial charge in [-0.25, -0.2) is 12.7 Å². The standard InChI is InChI=1S/C24H30N4O4S/c1-17-7-9-18(10-8-17)15-25-23(29)16-28-22-14-19(33(31,32)26(2)3)11-12-20(22)27-13-5-4-6-21(27)24(28)30/h7-12,14,21H,4-6,13,15-16H2,1-3H3,(H,25,29). The van der Waals surface area contributed by atoms with Crippen LogP contribution in [0.15, 0.2) is 47.4 Å². The molecule has 0 radical (unpaired) electrons. The first-order valence-electron chi connectivity index (χ1n) is 11.2. The highest BCUT2D eigenvalue weighted by atomic mass is 32.2. The van der Waals surface area contributed by atoms with Gasteiger partial charge in [0.15, 0.2) is 0 Å². The molecule has 2 heterocycles. The Bertz CT molecular complexity index is 1160. The number of rotatable bonds is 6. The summed E-state index contributed by atoms with van der Waals surface area (Å²) in [6.07, 6.45) is 2.64. The number of nitrogens with zero attached hydrogens (tertiary/aromatic N) is 3. The highest BCUT2D eigenvalue weighted by molar-refractivity contribution is 7.89. The van der Waals surface area contributed by atoms with Crippen LogP contribution in [-0.2, 0) is 26.2 Å². The van der Waals surface area contributed by atoms with Crippen LogP contribution in [0.3, 0.4) is 0 Å². The second-order valence-corrected chi connectivity index (χ2v) is 11.0. The molecule has 1 fully saturated rings. The molecule has 2 amide bonds. The third-order valence-electron chi connectivity index (χ3n) is 6.29. The predicted molar refractivity (Wildman–Crippen MR) is 128 cm³/mol. The number of benzene rings is 2. The van der Waals surface area contributed by atoms with E-state index in [1.54, 1.807) is 12.1 Å². The van der Waals surface area contributed by atoms with Gasteiger partial charge < -0.3 is 10.2 Å². The van der Waals surface area contributed by atoms with E-state index in [0.717, 1.165) is 46.9 Å². The molecular formula is C24H30N4O4S. The molecule has 176 valence electrons. The number of aryl methyl sites for hydroxylation is 1. The van der Waals surface area contributed by atoms with Crippen LogP contribution < -0.4 is 15.1 Å². The maximum atomic E-state index is 13.4. The minimum absolute atomic E-state index is 0.0968. The molecule has 2 aromatic rings. The smallest absolute Gasteiger partial charge is 0.250 e. The summed E-state index contributed by atoms with van der Waals surface area (Å²) >= 11 is 0. The molecule has 0 spiro atoms. The van der Waals surface area contributed by atoms with E-state index in [2.05, 4.69) is 5.32 Å². The van der Waals surface area contributed by atoms with E-state index >= 15 is 0 Å². The van der Waals surface area contributed by atoms with E-state index in [-0.39, 0.29) is 29.3 Å². The molecule has 1 atom stereocenters. The normalized spacial score (nSPS) is 18.2. The molecule has 0 aliphatic carbocycles. The number of hydrogen-bond donors (Lipinski definition) is 1. The lowest BCUT2D eigenvalue weighted by molar-refractivity contribution is -0.125. The number of anilines is 2. The van der Waals surface area contributed by atoms with Crippen molar-refractivity contribution in [3.63, 3.8) is 0 Å². The van der Waals surface area contributed by atoms with Gasteiger partial charge in [-0.1, -0.05) is 29.8 Å². The number of hydrogen-bond acceptors (Lipinski definition) is 5. The Labute approximate surface area is 195 Å². The van der Waals surface area contributed by atoms with Gasteiger partial charge in [0.1, 0.15) is 12.6 Å². The maximum Gasteiger partial charge on any atom is 0.250 e. The molecule has 9 heteroatoms. The van der Waals surface area contributed by atoms with Crippen molar-refractivity contribution in [1.29, 1.82) is 0 Å². The van der Waals surface area contributed by atoms with Crippen LogP contribution in [-0.4, -0.2) is 57.8 Å². The molecule has 0 aromatic heterocycles. The van der Waals surface area contributed by atoms with Crippen LogP contribution in [0.4, 0.5) is 11.4 Å². The summed E-state index contributed by atoms with van der Waals surface area (Å²) < 4.78 is 26.6. The van der Waals surface area contributed by atoms with Crippen LogP contribution in [0.25, 0.3) is 0 Å². The zero-order chi connectivity index (χ0) is 23.8. The fraction of sp³-hybridized carbons (Fsp3) is 0.417. The molecule has 0 saturated carbocycles. The van der Waals surface area contributed by atoms with E-state index in [1.165, 1.54) is 25.1 Å². The maximum absolute atomic E-state index is 13.4. The molecule has 33 heavy (non-hydrogen) atoms. The average molecular weight is 471 g/mol. The van der Waals surface area contributed by atoms with Crippen molar-refractivity contribution >= 4 is 33.2 Å². The first-order chi connectivity index (χ1) is 15.7. The molecule has 8 nitrogen and oxygen atoms in total. The van der Waals surface area contributed by atoms with Crippen LogP contribution in [0.5, 0.6) is 0 Å². The van der Waals surface area contributed by atoms with Crippen molar-refractivity contribution in [3.05, 3.63) is 53.6 Å². The van der Waals surface area contributed by atoms with Gasteiger partial charge >= 0.3 is 0 Å². The van der Waals surface area contributed by atoms with Gasteiger partial charge in [-0.15, -0.1) is 0 Å². The minimum atomic E-state index is -3.68. The van der Waals surface area contributed by atoms with Crippen LogP contribution >= 0.6 is 0 Å². The Balaban J connectivity index is 1.63. The molecular weight excluding hydrogens is 440 g/mol. The number of sulfonamides is 1. The Morgan fingerprint density at radius 2 is 1.82 bits per heavy atom. The molecule has 0 bridgehead atoms. The van der Waals surface area contributed by atoms with Crippen molar-refractivity contribution in [2.75, 3.05) is 37.0 Å². The fourth-order valence-corrected chi connectivity index (χ4v) is 5.30. The van der Waals surface area contributed by atoms with Gasteiger partial charge in [-0.2, -0.15) is 0 Å². The summed E-state index contributed by atoms with van der Waals surface area (Å²) in [6, 6.07) is 12.4. The second kappa shape index (κ2) is 9.15. The van der Waals surface area contributed by atoms with E-state index in [1.807, 2.05) is 36.1 Å². The number of nitrogens with one attached hydrogen (secondary N) is 1. The van der Waals surface area contributed by atoms with E-state index in [4.69, 9.17) is 0 Å². The molecule has 2 aromatic carbocycles. The fourth-order valence-electron chi connectivity index (χ4n) is 4.38. The zero-order valence-corrected chi connectivity index (χ0v) is 20.1. The summed E-state index contributed by atoms with van der Waals surface area (Å²) in [5.74, 6) is -0.452. The topological polar surface area (TPSA) is 90.0 Å². The largest absolute Gasteiger partial charge is 0.358 e. The Kier molecular flexibility index (Phi) is 6.45. The first kappa shape index (κ1) is 23.3. The van der Waals surface area contributed by atoms with Crippen LogP contribution in [0.1, 0.15) is 30.4 Å². The Morgan fingerprint density at radius 1 is 1.09 bits per heavy atom. The van der Waals surface area contributed by atoms with Gasteiger partial charge in [0.25, 0.3) is 0 Å². The zero-order valence-electron chi connectivity index (χ0n) is 19.2. The van der Waals surface area contributed by atoms with Crippen molar-refractivity contribution < 1.29 is 18.0 Å². The lowest BCUT2D eigenvalue weighted by Crippen LogP contribution is -2.57. The third kappa shape index (κ3) is 4.60. The summed E-state index contributed by atoms with van der Waals surface area (Å²) in [6.45, 7) is 2.93. The van der Waals surface area contributed by atoms with Gasteiger partial charge in [0, 0.05) is 27.2 Å². The number of carbonyl (C=O) groups excluding carboxylic acids is 2. The molecule has 2 aliphatic rings. The SMILES string of the molecule is Cc1ccc(CNC(=O)CN2C(=O)C3CCCCN3c3ccc(S(=O)(=O)N(C)C)cc32)cc1. The van der Waals surface area contributed by atoms with E-state index in [9.17, 15) is 18.0 Å². The average Bonchev–Trinajstić information content (AvgIpc) is 2.81. The van der Waals surface area contributed by atoms with Gasteiger partial charge in [-0.05, 0) is 49.9 Å². The number of piperidine rings is 1. The monoisotopic (exact) mass is 470 g/mol. The first-order valence-corrected chi connectivity index (χ1v) is 12.6. The minimum Gasteiger partial charge on any atom is -0.358 e. The van der Waals surface area contributed by atoms with Crippen molar-refractivity contribution in [2.45, 2.75) is 43.7 Å². The van der Waals surface area contributed by atoms with Gasteiger partial charge in [0.05, 0.1) is 16.3 Å². The molecule has 4 rings (SSSR count). The summed E-state index contributed by atoms with van der Waals surface area (Å²) in [7, 11) is -0.744. The quantitative estimate of drug-likeness (QED) is 0.700. The molecule has 1 N–H and O–H groups in total. The molecule has 2 aliphatic heterocycles. The van der Waals surface area contributed by atoms with Gasteiger partial charge in [-0.3, -0.25) is 14.5 Å². The molecule has 1 saturated heterocycles. The van der Waals surface area contributed by atoms with Crippen molar-refractivity contribution in [2.24, 2.45) is 0 Å². The Hall–Kier alpha value is -2.91. The molecule has 1 unspecified atom stereocenters. The lowest BCUT2D eigenvalue weighted by atomic mass is 9.96. The van der Waals surface area contributed by atoms with Crippen molar-refractivity contribution in [1.82, 2.24) is 9.62 Å². The number of amides is 2. The van der Waals surface area contributed by atoms with Crippen molar-refractivity contribution in [3.8, 4) is 0 Å². The van der Waals surface area contributed by atoms with Gasteiger partial charge in [0.2, 0.25) is 21.8 Å². The number of carbonyl (C=O) groups is 2. The predicted octanol–water partition coefficient (Wildman–Crippen LogP) is 2.27. The lowest BCUT2D eigenvalue weighted by Gasteiger charge is -2.45. The third-order valence-corrected chi connectivity index (χ3v) is 8.10. The summed E-state index contributed by atoms with van der Waals surface area (Å²) in [5, 5.41) is 2.88. The number of fused-ring (bicyclic) bond motifs is 3. The van der Waals surface area contributed by atoms with Crippen LogP contribution in [0.2, 0.25) is 0 Å².